The third-order valence-corrected chi connectivity index (χ3v) is 2.36. The Morgan fingerprint density at radius 2 is 2.12 bits per heavy atom. The number of nitrogens with zero attached hydrogens (tertiary/aromatic N) is 1. The third kappa shape index (κ3) is 1.64. The number of nitrogen functional groups attached to an aromatic ring is 1. The topological polar surface area (TPSA) is 52.0 Å². The highest BCUT2D eigenvalue weighted by Crippen LogP contribution is 2.29. The zero-order chi connectivity index (χ0) is 11.7. The van der Waals surface area contributed by atoms with Crippen LogP contribution in [0.15, 0.2) is 22.7 Å². The van der Waals surface area contributed by atoms with Crippen LogP contribution in [-0.4, -0.2) is 5.16 Å². The van der Waals surface area contributed by atoms with Crippen LogP contribution in [0.1, 0.15) is 12.5 Å². The molecule has 0 fully saturated rings. The Hall–Kier alpha value is -1.91. The molecule has 84 valence electrons. The summed E-state index contributed by atoms with van der Waals surface area (Å²) in [5, 5.41) is 3.68. The number of nitrogens with two attached hydrogens (primary N) is 1. The first-order valence-corrected chi connectivity index (χ1v) is 4.83. The van der Waals surface area contributed by atoms with E-state index in [9.17, 15) is 8.78 Å². The molecule has 2 N–H and O–H groups in total. The molecule has 0 radical (unpaired) electrons. The van der Waals surface area contributed by atoms with Crippen molar-refractivity contribution in [2.24, 2.45) is 0 Å². The van der Waals surface area contributed by atoms with Gasteiger partial charge in [0.05, 0.1) is 0 Å². The van der Waals surface area contributed by atoms with Gasteiger partial charge in [-0.2, -0.15) is 0 Å². The quantitative estimate of drug-likeness (QED) is 0.853. The molecule has 0 saturated heterocycles. The van der Waals surface area contributed by atoms with E-state index < -0.39 is 11.6 Å². The van der Waals surface area contributed by atoms with Gasteiger partial charge in [0, 0.05) is 17.2 Å². The molecule has 16 heavy (non-hydrogen) atoms. The fraction of sp³-hybridized carbons (Fsp3) is 0.182. The van der Waals surface area contributed by atoms with Crippen molar-refractivity contribution in [2.45, 2.75) is 13.3 Å². The molecule has 0 aliphatic carbocycles. The van der Waals surface area contributed by atoms with Gasteiger partial charge in [0.1, 0.15) is 17.3 Å². The molecule has 0 saturated carbocycles. The van der Waals surface area contributed by atoms with Crippen LogP contribution in [0.2, 0.25) is 0 Å². The summed E-state index contributed by atoms with van der Waals surface area (Å²) in [6.07, 6.45) is 0.571. The fourth-order valence-corrected chi connectivity index (χ4v) is 1.56. The SMILES string of the molecule is CCc1c(-c2ccc(F)cc2F)noc1N. The summed E-state index contributed by atoms with van der Waals surface area (Å²) in [6.45, 7) is 1.85. The van der Waals surface area contributed by atoms with Crippen molar-refractivity contribution in [3.8, 4) is 11.3 Å². The number of hydrogen-bond donors (Lipinski definition) is 1. The summed E-state index contributed by atoms with van der Waals surface area (Å²) in [7, 11) is 0. The van der Waals surface area contributed by atoms with Gasteiger partial charge in [-0.3, -0.25) is 0 Å². The lowest BCUT2D eigenvalue weighted by molar-refractivity contribution is 0.438. The molecule has 0 spiro atoms. The zero-order valence-electron chi connectivity index (χ0n) is 8.63. The Morgan fingerprint density at radius 1 is 1.38 bits per heavy atom. The van der Waals surface area contributed by atoms with Crippen LogP contribution in [0.3, 0.4) is 0 Å². The van der Waals surface area contributed by atoms with E-state index in [1.165, 1.54) is 12.1 Å². The lowest BCUT2D eigenvalue weighted by Gasteiger charge is -2.01. The van der Waals surface area contributed by atoms with E-state index in [2.05, 4.69) is 5.16 Å². The van der Waals surface area contributed by atoms with Crippen molar-refractivity contribution < 1.29 is 13.3 Å². The van der Waals surface area contributed by atoms with Crippen molar-refractivity contribution in [3.05, 3.63) is 35.4 Å². The maximum Gasteiger partial charge on any atom is 0.225 e. The van der Waals surface area contributed by atoms with Crippen molar-refractivity contribution in [2.75, 3.05) is 5.73 Å². The van der Waals surface area contributed by atoms with Gasteiger partial charge in [-0.1, -0.05) is 12.1 Å². The Morgan fingerprint density at radius 3 is 2.75 bits per heavy atom. The average molecular weight is 224 g/mol. The molecule has 1 aromatic carbocycles. The molecule has 2 aromatic rings. The Balaban J connectivity index is 2.58. The standard InChI is InChI=1S/C11H10F2N2O/c1-2-7-10(15-16-11(7)14)8-4-3-6(12)5-9(8)13/h3-5H,2,14H2,1H3. The van der Waals surface area contributed by atoms with Crippen molar-refractivity contribution >= 4 is 5.88 Å². The highest BCUT2D eigenvalue weighted by Gasteiger charge is 2.17. The van der Waals surface area contributed by atoms with E-state index in [-0.39, 0.29) is 11.4 Å². The predicted octanol–water partition coefficient (Wildman–Crippen LogP) is 2.76. The first-order chi connectivity index (χ1) is 7.63. The molecule has 1 heterocycles. The predicted molar refractivity (Wildman–Crippen MR) is 55.6 cm³/mol. The van der Waals surface area contributed by atoms with Crippen LogP contribution in [-0.2, 0) is 6.42 Å². The number of hydrogen-bond acceptors (Lipinski definition) is 3. The van der Waals surface area contributed by atoms with Gasteiger partial charge in [0.25, 0.3) is 0 Å². The highest BCUT2D eigenvalue weighted by molar-refractivity contribution is 5.67. The number of halogens is 2. The van der Waals surface area contributed by atoms with E-state index in [0.29, 0.717) is 17.7 Å². The van der Waals surface area contributed by atoms with Crippen molar-refractivity contribution in [3.63, 3.8) is 0 Å². The van der Waals surface area contributed by atoms with Crippen molar-refractivity contribution in [1.29, 1.82) is 0 Å². The van der Waals surface area contributed by atoms with Crippen LogP contribution >= 0.6 is 0 Å². The van der Waals surface area contributed by atoms with Gasteiger partial charge in [-0.15, -0.1) is 0 Å². The van der Waals surface area contributed by atoms with E-state index in [1.807, 2.05) is 6.92 Å². The first kappa shape index (κ1) is 10.6. The second-order valence-electron chi connectivity index (χ2n) is 3.35. The van der Waals surface area contributed by atoms with Gasteiger partial charge in [-0.05, 0) is 18.6 Å². The lowest BCUT2D eigenvalue weighted by atomic mass is 10.1. The van der Waals surface area contributed by atoms with Crippen LogP contribution in [0.5, 0.6) is 0 Å². The Kier molecular flexibility index (Phi) is 2.60. The molecule has 0 aliphatic heterocycles. The minimum atomic E-state index is -0.678. The van der Waals surface area contributed by atoms with E-state index in [0.717, 1.165) is 6.07 Å². The Labute approximate surface area is 90.9 Å². The third-order valence-electron chi connectivity index (χ3n) is 2.36. The molecule has 3 nitrogen and oxygen atoms in total. The summed E-state index contributed by atoms with van der Waals surface area (Å²) in [5.41, 5.74) is 6.70. The summed E-state index contributed by atoms with van der Waals surface area (Å²) in [5.74, 6) is -1.14. The van der Waals surface area contributed by atoms with Gasteiger partial charge in [0.15, 0.2) is 0 Å². The minimum Gasteiger partial charge on any atom is -0.367 e. The monoisotopic (exact) mass is 224 g/mol. The molecule has 0 bridgehead atoms. The van der Waals surface area contributed by atoms with Crippen LogP contribution in [0, 0.1) is 11.6 Å². The summed E-state index contributed by atoms with van der Waals surface area (Å²) < 4.78 is 31.0. The van der Waals surface area contributed by atoms with Gasteiger partial charge in [-0.25, -0.2) is 8.78 Å². The van der Waals surface area contributed by atoms with Crippen LogP contribution < -0.4 is 5.73 Å². The molecule has 2 rings (SSSR count). The van der Waals surface area contributed by atoms with Gasteiger partial charge >= 0.3 is 0 Å². The summed E-state index contributed by atoms with van der Waals surface area (Å²) in [4.78, 5) is 0. The zero-order valence-corrected chi connectivity index (χ0v) is 8.63. The lowest BCUT2D eigenvalue weighted by Crippen LogP contribution is -1.92. The van der Waals surface area contributed by atoms with E-state index in [1.54, 1.807) is 0 Å². The maximum absolute atomic E-state index is 13.5. The van der Waals surface area contributed by atoms with Gasteiger partial charge in [0.2, 0.25) is 5.88 Å². The maximum atomic E-state index is 13.5. The minimum absolute atomic E-state index is 0.168. The number of anilines is 1. The second kappa shape index (κ2) is 3.92. The van der Waals surface area contributed by atoms with Crippen molar-refractivity contribution in [1.82, 2.24) is 5.16 Å². The summed E-state index contributed by atoms with van der Waals surface area (Å²) >= 11 is 0. The number of aromatic nitrogens is 1. The summed E-state index contributed by atoms with van der Waals surface area (Å²) in [6, 6.07) is 3.30. The number of benzene rings is 1. The highest BCUT2D eigenvalue weighted by atomic mass is 19.1. The molecule has 1 aromatic heterocycles. The fourth-order valence-electron chi connectivity index (χ4n) is 1.56. The van der Waals surface area contributed by atoms with Gasteiger partial charge < -0.3 is 10.3 Å². The van der Waals surface area contributed by atoms with E-state index >= 15 is 0 Å². The molecule has 0 unspecified atom stereocenters. The molecule has 0 amide bonds. The molecular weight excluding hydrogens is 214 g/mol. The molecule has 5 heteroatoms. The largest absolute Gasteiger partial charge is 0.367 e. The van der Waals surface area contributed by atoms with E-state index in [4.69, 9.17) is 10.3 Å². The Bertz CT molecular complexity index is 523. The second-order valence-corrected chi connectivity index (χ2v) is 3.35. The van der Waals surface area contributed by atoms with Crippen LogP contribution in [0.4, 0.5) is 14.7 Å². The first-order valence-electron chi connectivity index (χ1n) is 4.83. The normalized spacial score (nSPS) is 10.7. The molecule has 0 aliphatic rings. The number of rotatable bonds is 2. The average Bonchev–Trinajstić information content (AvgIpc) is 2.59. The van der Waals surface area contributed by atoms with Crippen LogP contribution in [0.25, 0.3) is 11.3 Å². The molecular formula is C11H10F2N2O. The smallest absolute Gasteiger partial charge is 0.225 e. The molecule has 0 atom stereocenters.